The topological polar surface area (TPSA) is 37.3 Å². The Morgan fingerprint density at radius 2 is 1.40 bits per heavy atom. The van der Waals surface area contributed by atoms with Crippen molar-refractivity contribution in [2.24, 2.45) is 0 Å². The molecule has 0 saturated heterocycles. The standard InChI is InChI=1S/C23H16O2/c24-23(25)22(21-11-5-9-18-7-3-4-10-20(18)21)15-16-12-13-17-6-1-2-8-19(17)14-16/h1-15H,(H,24,25)/b22-15+. The van der Waals surface area contributed by atoms with Crippen molar-refractivity contribution in [2.45, 2.75) is 0 Å². The Bertz CT molecular complexity index is 1120. The van der Waals surface area contributed by atoms with Crippen molar-refractivity contribution >= 4 is 39.2 Å². The van der Waals surface area contributed by atoms with Crippen LogP contribution in [0.4, 0.5) is 0 Å². The lowest BCUT2D eigenvalue weighted by Crippen LogP contribution is -2.00. The Morgan fingerprint density at radius 1 is 0.720 bits per heavy atom. The highest BCUT2D eigenvalue weighted by Crippen LogP contribution is 2.28. The summed E-state index contributed by atoms with van der Waals surface area (Å²) in [5.41, 5.74) is 1.91. The predicted molar refractivity (Wildman–Crippen MR) is 103 cm³/mol. The molecule has 2 nitrogen and oxygen atoms in total. The van der Waals surface area contributed by atoms with Crippen LogP contribution in [0.25, 0.3) is 33.2 Å². The van der Waals surface area contributed by atoms with Crippen molar-refractivity contribution in [2.75, 3.05) is 0 Å². The summed E-state index contributed by atoms with van der Waals surface area (Å²) in [6.45, 7) is 0. The van der Waals surface area contributed by atoms with Gasteiger partial charge in [0.2, 0.25) is 0 Å². The molecule has 1 N–H and O–H groups in total. The summed E-state index contributed by atoms with van der Waals surface area (Å²) in [5, 5.41) is 14.0. The first-order valence-electron chi connectivity index (χ1n) is 8.14. The highest BCUT2D eigenvalue weighted by atomic mass is 16.4. The maximum atomic E-state index is 11.9. The molecule has 4 rings (SSSR count). The fraction of sp³-hybridized carbons (Fsp3) is 0. The first-order valence-corrected chi connectivity index (χ1v) is 8.14. The number of carboxylic acids is 1. The maximum absolute atomic E-state index is 11.9. The molecule has 4 aromatic rings. The van der Waals surface area contributed by atoms with E-state index in [4.69, 9.17) is 0 Å². The lowest BCUT2D eigenvalue weighted by molar-refractivity contribution is -0.130. The molecule has 0 amide bonds. The molecule has 0 fully saturated rings. The van der Waals surface area contributed by atoms with E-state index in [-0.39, 0.29) is 0 Å². The molecule has 25 heavy (non-hydrogen) atoms. The predicted octanol–water partition coefficient (Wildman–Crippen LogP) is 5.62. The van der Waals surface area contributed by atoms with Gasteiger partial charge in [0.15, 0.2) is 0 Å². The Labute approximate surface area is 145 Å². The number of rotatable bonds is 3. The monoisotopic (exact) mass is 324 g/mol. The molecular weight excluding hydrogens is 308 g/mol. The van der Waals surface area contributed by atoms with E-state index >= 15 is 0 Å². The van der Waals surface area contributed by atoms with Crippen LogP contribution >= 0.6 is 0 Å². The SMILES string of the molecule is O=C(O)/C(=C/c1ccc2ccccc2c1)c1cccc2ccccc12. The maximum Gasteiger partial charge on any atom is 0.336 e. The van der Waals surface area contributed by atoms with E-state index in [1.165, 1.54) is 0 Å². The van der Waals surface area contributed by atoms with E-state index in [2.05, 4.69) is 0 Å². The fourth-order valence-electron chi connectivity index (χ4n) is 3.18. The van der Waals surface area contributed by atoms with E-state index in [0.29, 0.717) is 5.57 Å². The summed E-state index contributed by atoms with van der Waals surface area (Å²) >= 11 is 0. The second-order valence-electron chi connectivity index (χ2n) is 6.00. The van der Waals surface area contributed by atoms with Crippen LogP contribution in [0.15, 0.2) is 84.9 Å². The second kappa shape index (κ2) is 6.25. The van der Waals surface area contributed by atoms with Crippen LogP contribution in [-0.4, -0.2) is 11.1 Å². The van der Waals surface area contributed by atoms with Crippen molar-refractivity contribution in [3.8, 4) is 0 Å². The van der Waals surface area contributed by atoms with E-state index in [1.807, 2.05) is 84.9 Å². The highest BCUT2D eigenvalue weighted by Gasteiger charge is 2.13. The summed E-state index contributed by atoms with van der Waals surface area (Å²) in [4.78, 5) is 11.9. The van der Waals surface area contributed by atoms with Crippen LogP contribution in [0.1, 0.15) is 11.1 Å². The Balaban J connectivity index is 1.90. The number of aliphatic carboxylic acids is 1. The van der Waals surface area contributed by atoms with E-state index < -0.39 is 5.97 Å². The third-order valence-corrected chi connectivity index (χ3v) is 4.39. The van der Waals surface area contributed by atoms with Gasteiger partial charge in [-0.25, -0.2) is 4.79 Å². The van der Waals surface area contributed by atoms with Gasteiger partial charge in [-0.15, -0.1) is 0 Å². The zero-order valence-electron chi connectivity index (χ0n) is 13.5. The lowest BCUT2D eigenvalue weighted by Gasteiger charge is -2.08. The second-order valence-corrected chi connectivity index (χ2v) is 6.00. The fourth-order valence-corrected chi connectivity index (χ4v) is 3.18. The Hall–Kier alpha value is -3.39. The molecule has 0 bridgehead atoms. The minimum absolute atomic E-state index is 0.298. The first kappa shape index (κ1) is 15.2. The zero-order chi connectivity index (χ0) is 17.2. The van der Waals surface area contributed by atoms with Gasteiger partial charge < -0.3 is 5.11 Å². The number of carbonyl (C=O) groups is 1. The number of carboxylic acid groups (broad SMARTS) is 1. The largest absolute Gasteiger partial charge is 0.478 e. The van der Waals surface area contributed by atoms with Crippen LogP contribution in [-0.2, 0) is 4.79 Å². The minimum atomic E-state index is -0.926. The normalized spacial score (nSPS) is 11.8. The van der Waals surface area contributed by atoms with Gasteiger partial charge in [-0.2, -0.15) is 0 Å². The molecular formula is C23H16O2. The minimum Gasteiger partial charge on any atom is -0.478 e. The average Bonchev–Trinajstić information content (AvgIpc) is 2.65. The van der Waals surface area contributed by atoms with E-state index in [0.717, 1.165) is 32.7 Å². The van der Waals surface area contributed by atoms with Gasteiger partial charge in [0, 0.05) is 0 Å². The summed E-state index contributed by atoms with van der Waals surface area (Å²) < 4.78 is 0. The van der Waals surface area contributed by atoms with Crippen molar-refractivity contribution in [3.63, 3.8) is 0 Å². The molecule has 120 valence electrons. The van der Waals surface area contributed by atoms with Gasteiger partial charge in [-0.3, -0.25) is 0 Å². The molecule has 0 heterocycles. The summed E-state index contributed by atoms with van der Waals surface area (Å²) in [7, 11) is 0. The number of benzene rings is 4. The molecule has 0 atom stereocenters. The van der Waals surface area contributed by atoms with Crippen LogP contribution in [0.3, 0.4) is 0 Å². The van der Waals surface area contributed by atoms with E-state index in [1.54, 1.807) is 6.08 Å². The van der Waals surface area contributed by atoms with Crippen molar-refractivity contribution in [1.82, 2.24) is 0 Å². The Morgan fingerprint density at radius 3 is 2.20 bits per heavy atom. The number of fused-ring (bicyclic) bond motifs is 2. The van der Waals surface area contributed by atoms with Crippen LogP contribution in [0, 0.1) is 0 Å². The molecule has 0 aliphatic rings. The average molecular weight is 324 g/mol. The smallest absolute Gasteiger partial charge is 0.336 e. The number of hydrogen-bond donors (Lipinski definition) is 1. The molecule has 4 aromatic carbocycles. The molecule has 0 aliphatic heterocycles. The highest BCUT2D eigenvalue weighted by molar-refractivity contribution is 6.24. The van der Waals surface area contributed by atoms with Crippen molar-refractivity contribution in [1.29, 1.82) is 0 Å². The van der Waals surface area contributed by atoms with Crippen molar-refractivity contribution < 1.29 is 9.90 Å². The van der Waals surface area contributed by atoms with Gasteiger partial charge >= 0.3 is 5.97 Å². The van der Waals surface area contributed by atoms with Gasteiger partial charge in [0.1, 0.15) is 0 Å². The van der Waals surface area contributed by atoms with Crippen LogP contribution in [0.5, 0.6) is 0 Å². The van der Waals surface area contributed by atoms with Gasteiger partial charge in [0.25, 0.3) is 0 Å². The van der Waals surface area contributed by atoms with Crippen LogP contribution < -0.4 is 0 Å². The molecule has 0 aliphatic carbocycles. The van der Waals surface area contributed by atoms with Gasteiger partial charge in [-0.1, -0.05) is 78.9 Å². The first-order chi connectivity index (χ1) is 12.2. The van der Waals surface area contributed by atoms with Crippen LogP contribution in [0.2, 0.25) is 0 Å². The van der Waals surface area contributed by atoms with Crippen molar-refractivity contribution in [3.05, 3.63) is 96.1 Å². The Kier molecular flexibility index (Phi) is 3.79. The molecule has 0 spiro atoms. The van der Waals surface area contributed by atoms with Gasteiger partial charge in [0.05, 0.1) is 5.57 Å². The third-order valence-electron chi connectivity index (χ3n) is 4.39. The zero-order valence-corrected chi connectivity index (χ0v) is 13.5. The molecule has 0 radical (unpaired) electrons. The molecule has 0 aromatic heterocycles. The lowest BCUT2D eigenvalue weighted by atomic mass is 9.96. The molecule has 0 unspecified atom stereocenters. The number of hydrogen-bond acceptors (Lipinski definition) is 1. The summed E-state index contributed by atoms with van der Waals surface area (Å²) in [6.07, 6.45) is 1.75. The third kappa shape index (κ3) is 2.90. The molecule has 0 saturated carbocycles. The van der Waals surface area contributed by atoms with Gasteiger partial charge in [-0.05, 0) is 44.8 Å². The summed E-state index contributed by atoms with van der Waals surface area (Å²) in [5.74, 6) is -0.926. The van der Waals surface area contributed by atoms with E-state index in [9.17, 15) is 9.90 Å². The quantitative estimate of drug-likeness (QED) is 0.392. The summed E-state index contributed by atoms with van der Waals surface area (Å²) in [6, 6.07) is 27.7. The molecule has 2 heteroatoms.